The Kier molecular flexibility index (Phi) is 4.62. The maximum Gasteiger partial charge on any atom is 0.137 e. The summed E-state index contributed by atoms with van der Waals surface area (Å²) in [5, 5.41) is 9.58. The third-order valence-electron chi connectivity index (χ3n) is 5.96. The lowest BCUT2D eigenvalue weighted by atomic mass is 10.0. The molecule has 6 nitrogen and oxygen atoms in total. The Morgan fingerprint density at radius 1 is 0.824 bits per heavy atom. The number of halogens is 1. The average molecular weight is 449 g/mol. The molecule has 34 heavy (non-hydrogen) atoms. The van der Waals surface area contributed by atoms with Gasteiger partial charge in [-0.3, -0.25) is 15.1 Å². The van der Waals surface area contributed by atoms with Crippen LogP contribution in [0, 0.1) is 12.7 Å². The number of hydrogen-bond acceptors (Lipinski definition) is 4. The van der Waals surface area contributed by atoms with Crippen molar-refractivity contribution < 1.29 is 9.13 Å². The number of nitrogens with zero attached hydrogens (tertiary/aromatic N) is 3. The molecule has 6 rings (SSSR count). The quantitative estimate of drug-likeness (QED) is 0.331. The highest BCUT2D eigenvalue weighted by Gasteiger charge is 2.15. The first-order valence-corrected chi connectivity index (χ1v) is 10.8. The molecule has 7 heteroatoms. The van der Waals surface area contributed by atoms with Gasteiger partial charge >= 0.3 is 0 Å². The molecule has 0 aliphatic heterocycles. The van der Waals surface area contributed by atoms with Gasteiger partial charge in [0, 0.05) is 39.8 Å². The molecule has 0 saturated heterocycles. The summed E-state index contributed by atoms with van der Waals surface area (Å²) in [5.41, 5.74) is 7.77. The van der Waals surface area contributed by atoms with E-state index in [-0.39, 0.29) is 5.82 Å². The van der Waals surface area contributed by atoms with Crippen molar-refractivity contribution in [2.75, 3.05) is 7.11 Å². The van der Waals surface area contributed by atoms with Crippen molar-refractivity contribution in [1.82, 2.24) is 25.1 Å². The number of H-pyrrole nitrogens is 2. The monoisotopic (exact) mass is 449 g/mol. The molecule has 166 valence electrons. The lowest BCUT2D eigenvalue weighted by Gasteiger charge is -2.04. The number of benzene rings is 2. The van der Waals surface area contributed by atoms with Gasteiger partial charge in [0.15, 0.2) is 0 Å². The van der Waals surface area contributed by atoms with E-state index in [0.29, 0.717) is 5.75 Å². The van der Waals surface area contributed by atoms with Gasteiger partial charge in [-0.1, -0.05) is 6.07 Å². The summed E-state index contributed by atoms with van der Waals surface area (Å²) in [6.07, 6.45) is 5.22. The molecule has 0 aliphatic carbocycles. The zero-order valence-corrected chi connectivity index (χ0v) is 18.6. The third-order valence-corrected chi connectivity index (χ3v) is 5.96. The van der Waals surface area contributed by atoms with E-state index >= 15 is 0 Å². The highest BCUT2D eigenvalue weighted by Crippen LogP contribution is 2.35. The SMILES string of the molecule is COc1cncc(-c2ccc3[nH]nc(-c4cc5c(-c6cc(C)cc(F)c6)nccc5[nH]4)c3c2)c1. The van der Waals surface area contributed by atoms with Gasteiger partial charge in [-0.2, -0.15) is 5.10 Å². The minimum Gasteiger partial charge on any atom is -0.495 e. The second kappa shape index (κ2) is 7.81. The fourth-order valence-corrected chi connectivity index (χ4v) is 4.37. The van der Waals surface area contributed by atoms with Crippen molar-refractivity contribution in [1.29, 1.82) is 0 Å². The number of rotatable bonds is 4. The topological polar surface area (TPSA) is 79.5 Å². The van der Waals surface area contributed by atoms with Crippen LogP contribution in [0.25, 0.3) is 55.6 Å². The Bertz CT molecular complexity index is 1660. The van der Waals surface area contributed by atoms with Crippen LogP contribution in [-0.2, 0) is 0 Å². The number of nitrogens with one attached hydrogen (secondary N) is 2. The lowest BCUT2D eigenvalue weighted by molar-refractivity contribution is 0.413. The molecule has 0 atom stereocenters. The van der Waals surface area contributed by atoms with E-state index in [0.717, 1.165) is 61.1 Å². The molecule has 0 radical (unpaired) electrons. The lowest BCUT2D eigenvalue weighted by Crippen LogP contribution is -1.87. The van der Waals surface area contributed by atoms with Crippen LogP contribution in [-0.4, -0.2) is 32.3 Å². The first-order chi connectivity index (χ1) is 16.6. The number of methoxy groups -OCH3 is 1. The second-order valence-corrected chi connectivity index (χ2v) is 8.27. The predicted octanol–water partition coefficient (Wildman–Crippen LogP) is 6.29. The van der Waals surface area contributed by atoms with Crippen LogP contribution in [0.4, 0.5) is 4.39 Å². The maximum absolute atomic E-state index is 14.1. The number of fused-ring (bicyclic) bond motifs is 2. The summed E-state index contributed by atoms with van der Waals surface area (Å²) in [5.74, 6) is 0.427. The first kappa shape index (κ1) is 20.1. The summed E-state index contributed by atoms with van der Waals surface area (Å²) in [4.78, 5) is 12.3. The van der Waals surface area contributed by atoms with E-state index in [1.54, 1.807) is 19.5 Å². The van der Waals surface area contributed by atoms with E-state index in [9.17, 15) is 4.39 Å². The molecule has 4 aromatic heterocycles. The Balaban J connectivity index is 1.49. The minimum absolute atomic E-state index is 0.276. The molecule has 0 saturated carbocycles. The van der Waals surface area contributed by atoms with Gasteiger partial charge < -0.3 is 9.72 Å². The van der Waals surface area contributed by atoms with E-state index in [2.05, 4.69) is 31.2 Å². The summed E-state index contributed by atoms with van der Waals surface area (Å²) in [7, 11) is 1.63. The zero-order valence-electron chi connectivity index (χ0n) is 18.6. The number of hydrogen-bond donors (Lipinski definition) is 2. The van der Waals surface area contributed by atoms with Crippen LogP contribution in [0.2, 0.25) is 0 Å². The van der Waals surface area contributed by atoms with Gasteiger partial charge in [-0.15, -0.1) is 0 Å². The van der Waals surface area contributed by atoms with E-state index in [1.807, 2.05) is 49.5 Å². The highest BCUT2D eigenvalue weighted by atomic mass is 19.1. The minimum atomic E-state index is -0.276. The standard InChI is InChI=1S/C27H20FN5O/c1-15-7-17(9-19(28)8-15)26-22-12-25(31-23(22)5-6-30-26)27-21-11-16(3-4-24(21)32-33-27)18-10-20(34-2)14-29-13-18/h3-14,31H,1-2H3,(H,32,33). The summed E-state index contributed by atoms with van der Waals surface area (Å²) in [6, 6.07) is 17.0. The van der Waals surface area contributed by atoms with Gasteiger partial charge in [-0.05, 0) is 66.6 Å². The second-order valence-electron chi connectivity index (χ2n) is 8.27. The van der Waals surface area contributed by atoms with Crippen molar-refractivity contribution in [3.05, 3.63) is 84.6 Å². The van der Waals surface area contributed by atoms with Crippen molar-refractivity contribution in [3.63, 3.8) is 0 Å². The Morgan fingerprint density at radius 2 is 1.71 bits per heavy atom. The molecule has 4 heterocycles. The number of aromatic nitrogens is 5. The van der Waals surface area contributed by atoms with Crippen molar-refractivity contribution in [2.45, 2.75) is 6.92 Å². The molecule has 0 unspecified atom stereocenters. The summed E-state index contributed by atoms with van der Waals surface area (Å²) in [6.45, 7) is 1.88. The van der Waals surface area contributed by atoms with Crippen LogP contribution in [0.3, 0.4) is 0 Å². The maximum atomic E-state index is 14.1. The number of aryl methyl sites for hydroxylation is 1. The Labute approximate surface area is 194 Å². The smallest absolute Gasteiger partial charge is 0.137 e. The van der Waals surface area contributed by atoms with Gasteiger partial charge in [0.1, 0.15) is 17.3 Å². The molecule has 2 N–H and O–H groups in total. The van der Waals surface area contributed by atoms with Gasteiger partial charge in [0.05, 0.1) is 30.2 Å². The van der Waals surface area contributed by atoms with Gasteiger partial charge in [0.25, 0.3) is 0 Å². The van der Waals surface area contributed by atoms with Crippen LogP contribution in [0.15, 0.2) is 73.2 Å². The molecule has 2 aromatic carbocycles. The van der Waals surface area contributed by atoms with Crippen molar-refractivity contribution >= 4 is 21.8 Å². The van der Waals surface area contributed by atoms with Gasteiger partial charge in [-0.25, -0.2) is 4.39 Å². The fraction of sp³-hybridized carbons (Fsp3) is 0.0741. The summed E-state index contributed by atoms with van der Waals surface area (Å²) < 4.78 is 19.4. The molecule has 0 spiro atoms. The number of pyridine rings is 2. The molecule has 6 aromatic rings. The normalized spacial score (nSPS) is 11.4. The van der Waals surface area contributed by atoms with E-state index < -0.39 is 0 Å². The predicted molar refractivity (Wildman–Crippen MR) is 131 cm³/mol. The van der Waals surface area contributed by atoms with Crippen molar-refractivity contribution in [3.8, 4) is 39.5 Å². The number of ether oxygens (including phenoxy) is 1. The first-order valence-electron chi connectivity index (χ1n) is 10.8. The van der Waals surface area contributed by atoms with Crippen molar-refractivity contribution in [2.24, 2.45) is 0 Å². The highest BCUT2D eigenvalue weighted by molar-refractivity contribution is 6.00. The molecule has 0 fully saturated rings. The summed E-state index contributed by atoms with van der Waals surface area (Å²) >= 11 is 0. The van der Waals surface area contributed by atoms with Crippen LogP contribution in [0.5, 0.6) is 5.75 Å². The molecule has 0 bridgehead atoms. The molecule has 0 aliphatic rings. The molecular weight excluding hydrogens is 429 g/mol. The Hall–Kier alpha value is -4.52. The van der Waals surface area contributed by atoms with Crippen LogP contribution >= 0.6 is 0 Å². The fourth-order valence-electron chi connectivity index (χ4n) is 4.37. The Morgan fingerprint density at radius 3 is 2.56 bits per heavy atom. The number of aromatic amines is 2. The zero-order chi connectivity index (χ0) is 23.2. The average Bonchev–Trinajstić information content (AvgIpc) is 3.46. The van der Waals surface area contributed by atoms with Crippen LogP contribution < -0.4 is 4.74 Å². The van der Waals surface area contributed by atoms with Crippen LogP contribution in [0.1, 0.15) is 5.56 Å². The van der Waals surface area contributed by atoms with E-state index in [4.69, 9.17) is 4.74 Å². The molecular formula is C27H20FN5O. The third kappa shape index (κ3) is 3.38. The van der Waals surface area contributed by atoms with Gasteiger partial charge in [0.2, 0.25) is 0 Å². The molecule has 0 amide bonds. The van der Waals surface area contributed by atoms with E-state index in [1.165, 1.54) is 12.1 Å². The largest absolute Gasteiger partial charge is 0.495 e.